The number of pyridine rings is 1. The Hall–Kier alpha value is -6.80. The predicted octanol–water partition coefficient (Wildman–Crippen LogP) is 3.30. The van der Waals surface area contributed by atoms with E-state index >= 15 is 14.4 Å². The summed E-state index contributed by atoms with van der Waals surface area (Å²) in [5.41, 5.74) is 0.980. The molecule has 95 heavy (non-hydrogen) atoms. The number of amides is 10. The van der Waals surface area contributed by atoms with Gasteiger partial charge in [0.05, 0.1) is 18.8 Å². The van der Waals surface area contributed by atoms with Crippen LogP contribution in [-0.2, 0) is 64.0 Å². The van der Waals surface area contributed by atoms with Gasteiger partial charge in [0.15, 0.2) is 6.10 Å². The first-order valence-corrected chi connectivity index (χ1v) is 33.9. The molecule has 10 amide bonds. The molecule has 0 saturated carbocycles. The van der Waals surface area contributed by atoms with Crippen LogP contribution in [0, 0.1) is 47.3 Å². The molecule has 0 aromatic carbocycles. The zero-order valence-corrected chi connectivity index (χ0v) is 61.6. The Balaban J connectivity index is 3.03. The molecule has 13 atom stereocenters. The third-order valence-corrected chi connectivity index (χ3v) is 17.5. The van der Waals surface area contributed by atoms with Crippen LogP contribution in [0.5, 0.6) is 0 Å². The molecule has 0 radical (unpaired) electrons. The van der Waals surface area contributed by atoms with Crippen molar-refractivity contribution < 1.29 is 67.7 Å². The van der Waals surface area contributed by atoms with Crippen molar-refractivity contribution in [1.29, 1.82) is 0 Å². The van der Waals surface area contributed by atoms with E-state index in [1.807, 2.05) is 93.3 Å². The minimum absolute atomic E-state index is 0.0711. The highest BCUT2D eigenvalue weighted by Gasteiger charge is 2.46. The van der Waals surface area contributed by atoms with Gasteiger partial charge in [-0.2, -0.15) is 0 Å². The number of nitrogens with zero attached hydrogens (tertiary/aromatic N) is 8. The lowest BCUT2D eigenvalue weighted by atomic mass is 9.91. The smallest absolute Gasteiger partial charge is 0.329 e. The molecule has 1 fully saturated rings. The van der Waals surface area contributed by atoms with Crippen LogP contribution in [0.1, 0.15) is 162 Å². The van der Waals surface area contributed by atoms with E-state index in [1.54, 1.807) is 47.0 Å². The lowest BCUT2D eigenvalue weighted by molar-refractivity contribution is -0.166. The Kier molecular flexibility index (Phi) is 34.4. The Morgan fingerprint density at radius 2 is 0.937 bits per heavy atom. The highest BCUT2D eigenvalue weighted by atomic mass is 16.6. The molecule has 0 spiro atoms. The molecule has 6 N–H and O–H groups in total. The highest BCUT2D eigenvalue weighted by molar-refractivity contribution is 5.99. The number of carbonyl (C=O) groups excluding carboxylic acids is 11. The molecule has 26 nitrogen and oxygen atoms in total. The number of nitrogens with one attached hydrogen (secondary N) is 4. The average molecular weight is 1340 g/mol. The number of carbonyl (C=O) groups is 11. The number of hydrogen-bond donors (Lipinski definition) is 6. The van der Waals surface area contributed by atoms with E-state index in [-0.39, 0.29) is 61.7 Å². The number of esters is 1. The number of hydrogen-bond acceptors (Lipinski definition) is 16. The molecule has 0 bridgehead atoms. The maximum Gasteiger partial charge on any atom is 0.329 e. The summed E-state index contributed by atoms with van der Waals surface area (Å²) in [5.74, 6) is -11.7. The molecular weight excluding hydrogens is 1220 g/mol. The molecule has 540 valence electrons. The number of aromatic nitrogens is 1. The second-order valence-electron chi connectivity index (χ2n) is 29.4. The molecule has 1 saturated heterocycles. The van der Waals surface area contributed by atoms with Gasteiger partial charge in [0, 0.05) is 61.2 Å². The molecule has 1 aliphatic heterocycles. The zero-order chi connectivity index (χ0) is 73.0. The maximum atomic E-state index is 15.4. The van der Waals surface area contributed by atoms with Gasteiger partial charge < -0.3 is 70.5 Å². The van der Waals surface area contributed by atoms with Gasteiger partial charge in [-0.15, -0.1) is 0 Å². The van der Waals surface area contributed by atoms with Gasteiger partial charge in [0.25, 0.3) is 5.91 Å². The number of likely N-dealkylation sites (N-methyl/N-ethyl adjacent to an activating group) is 6. The number of aliphatic hydroxyl groups is 2. The summed E-state index contributed by atoms with van der Waals surface area (Å²) in [6, 6.07) is -8.64. The number of rotatable bonds is 20. The molecule has 2 heterocycles. The van der Waals surface area contributed by atoms with E-state index in [1.165, 1.54) is 70.8 Å². The van der Waals surface area contributed by atoms with Gasteiger partial charge in [-0.1, -0.05) is 104 Å². The second kappa shape index (κ2) is 38.8. The lowest BCUT2D eigenvalue weighted by Gasteiger charge is -2.40. The zero-order valence-electron chi connectivity index (χ0n) is 61.6. The van der Waals surface area contributed by atoms with Crippen LogP contribution in [0.25, 0.3) is 0 Å². The Labute approximate surface area is 566 Å². The molecule has 0 aliphatic carbocycles. The fraction of sp³-hybridized carbons (Fsp3) is 0.768. The van der Waals surface area contributed by atoms with E-state index in [2.05, 4.69) is 26.3 Å². The number of ether oxygens (including phenoxy) is 1. The van der Waals surface area contributed by atoms with Crippen molar-refractivity contribution in [3.63, 3.8) is 0 Å². The summed E-state index contributed by atoms with van der Waals surface area (Å²) < 4.78 is 5.92. The van der Waals surface area contributed by atoms with Crippen molar-refractivity contribution >= 4 is 65.0 Å². The fourth-order valence-corrected chi connectivity index (χ4v) is 11.8. The normalized spacial score (nSPS) is 25.6. The van der Waals surface area contributed by atoms with Crippen LogP contribution in [0.4, 0.5) is 0 Å². The van der Waals surface area contributed by atoms with E-state index in [0.29, 0.717) is 19.5 Å². The van der Waals surface area contributed by atoms with Gasteiger partial charge in [0.2, 0.25) is 53.2 Å². The van der Waals surface area contributed by atoms with Crippen molar-refractivity contribution in [2.45, 2.75) is 235 Å². The van der Waals surface area contributed by atoms with Gasteiger partial charge in [-0.05, 0) is 131 Å². The SMILES string of the molecule is CC(C)C[C@@H]1C(=O)N[C@H](CC(C)C)C(=O)N(C)[C@H](C(C)C)C(=O)N(C)[C@H]([C@H](O)[C@H](C)CCN(C)Cc2ccncc2)C(=O)N[C@@H]([C@@H](C)O)C(=O)N(C)CC(=O)N(C)[C@@H](CC(C)C)C(=O)N[C@H](CC(C)C)C(=O)N(C)[C@H](CC(C)C)C(=O)N[C@H](C)C(=O)O[C@@H](C(C)C)C(=O)N1C. The van der Waals surface area contributed by atoms with Crippen molar-refractivity contribution in [2.75, 3.05) is 62.4 Å². The first-order chi connectivity index (χ1) is 44.0. The summed E-state index contributed by atoms with van der Waals surface area (Å²) >= 11 is 0. The topological polar surface area (TPSA) is 321 Å². The second-order valence-corrected chi connectivity index (χ2v) is 29.4. The summed E-state index contributed by atoms with van der Waals surface area (Å²) in [6.45, 7) is 29.7. The average Bonchev–Trinajstić information content (AvgIpc) is 0.844. The van der Waals surface area contributed by atoms with Crippen LogP contribution in [0.3, 0.4) is 0 Å². The molecule has 1 aromatic heterocycles. The number of cyclic esters (lactones) is 1. The van der Waals surface area contributed by atoms with Gasteiger partial charge in [-0.25, -0.2) is 4.79 Å². The van der Waals surface area contributed by atoms with Gasteiger partial charge >= 0.3 is 5.97 Å². The van der Waals surface area contributed by atoms with Crippen molar-refractivity contribution in [2.24, 2.45) is 47.3 Å². The van der Waals surface area contributed by atoms with Crippen LogP contribution >= 0.6 is 0 Å². The summed E-state index contributed by atoms with van der Waals surface area (Å²) in [7, 11) is 10.0. The lowest BCUT2D eigenvalue weighted by Crippen LogP contribution is -2.64. The first kappa shape index (κ1) is 84.3. The van der Waals surface area contributed by atoms with E-state index in [9.17, 15) is 48.6 Å². The van der Waals surface area contributed by atoms with Crippen molar-refractivity contribution in [3.05, 3.63) is 30.1 Å². The minimum atomic E-state index is -1.77. The standard InChI is InChI=1S/C69H120N12O14/c1-38(2)31-49-64(89)78(21)52(34-41(7)8)60(85)71-46(16)69(94)95-59(44(13)14)68(93)79(22)53(35-42(9)10)62(87)73-50(32-39(3)4)65(90)80(23)56(43(11)12)67(92)81(24)57(58(84)45(15)27-30-75(18)36-48-25-28-70-29-26-48)63(88)74-55(47(17)82)66(91)76(19)37-54(83)77(20)51(33-40(5)6)61(86)72-49/h25-26,28-29,38-47,49-53,55-59,82,84H,27,30-37H2,1-24H3,(H,71,85)(H,72,86)(H,73,87)(H,74,88)/t45-,46-,47-,49-,50-,51+,52-,53-,55+,56-,57-,58-,59+/m1/s1. The fourth-order valence-electron chi connectivity index (χ4n) is 11.8. The van der Waals surface area contributed by atoms with Crippen LogP contribution < -0.4 is 21.3 Å². The van der Waals surface area contributed by atoms with Crippen molar-refractivity contribution in [3.8, 4) is 0 Å². The minimum Gasteiger partial charge on any atom is -0.450 e. The van der Waals surface area contributed by atoms with Crippen LogP contribution in [0.15, 0.2) is 24.5 Å². The van der Waals surface area contributed by atoms with Crippen LogP contribution in [0.2, 0.25) is 0 Å². The molecule has 1 aromatic rings. The Bertz CT molecular complexity index is 2710. The predicted molar refractivity (Wildman–Crippen MR) is 363 cm³/mol. The molecule has 26 heteroatoms. The largest absolute Gasteiger partial charge is 0.450 e. The van der Waals surface area contributed by atoms with E-state index < -0.39 is 162 Å². The number of aliphatic hydroxyl groups excluding tert-OH is 2. The van der Waals surface area contributed by atoms with E-state index in [0.717, 1.165) is 20.3 Å². The Morgan fingerprint density at radius 3 is 1.37 bits per heavy atom. The molecule has 0 unspecified atom stereocenters. The maximum absolute atomic E-state index is 15.4. The Morgan fingerprint density at radius 1 is 0.516 bits per heavy atom. The van der Waals surface area contributed by atoms with Crippen LogP contribution in [-0.4, -0.2) is 250 Å². The quantitative estimate of drug-likeness (QED) is 0.102. The summed E-state index contributed by atoms with van der Waals surface area (Å²) in [6.07, 6.45) is -0.583. The summed E-state index contributed by atoms with van der Waals surface area (Å²) in [5, 5.41) is 34.8. The third kappa shape index (κ3) is 25.3. The molecule has 1 aliphatic rings. The summed E-state index contributed by atoms with van der Waals surface area (Å²) in [4.78, 5) is 175. The first-order valence-electron chi connectivity index (χ1n) is 33.9. The highest BCUT2D eigenvalue weighted by Crippen LogP contribution is 2.25. The molecule has 2 rings (SSSR count). The van der Waals surface area contributed by atoms with E-state index in [4.69, 9.17) is 4.74 Å². The molecular formula is C69H120N12O14. The third-order valence-electron chi connectivity index (χ3n) is 17.5. The monoisotopic (exact) mass is 1340 g/mol. The van der Waals surface area contributed by atoms with Gasteiger partial charge in [-0.3, -0.25) is 52.9 Å². The van der Waals surface area contributed by atoms with Crippen molar-refractivity contribution in [1.82, 2.24) is 60.6 Å². The van der Waals surface area contributed by atoms with Gasteiger partial charge in [0.1, 0.15) is 54.4 Å².